The smallest absolute Gasteiger partial charge is 0.197 e. The largest absolute Gasteiger partial charge is 0.485 e. The van der Waals surface area contributed by atoms with E-state index in [9.17, 15) is 0 Å². The molecule has 0 radical (unpaired) electrons. The Bertz CT molecular complexity index is 363. The third-order valence-electron chi connectivity index (χ3n) is 2.00. The summed E-state index contributed by atoms with van der Waals surface area (Å²) in [6, 6.07) is 7.17. The molecule has 0 spiro atoms. The van der Waals surface area contributed by atoms with E-state index in [1.165, 1.54) is 5.75 Å². The summed E-state index contributed by atoms with van der Waals surface area (Å²) >= 11 is 12.7. The van der Waals surface area contributed by atoms with Crippen LogP contribution in [0.2, 0.25) is 5.02 Å². The van der Waals surface area contributed by atoms with Gasteiger partial charge in [-0.25, -0.2) is 0 Å². The van der Waals surface area contributed by atoms with E-state index >= 15 is 0 Å². The molecule has 86 valence electrons. The van der Waals surface area contributed by atoms with E-state index in [0.29, 0.717) is 28.5 Å². The number of rotatable bonds is 5. The molecule has 1 aromatic carbocycles. The van der Waals surface area contributed by atoms with Crippen molar-refractivity contribution < 1.29 is 9.47 Å². The number of hydrogen-bond donors (Lipinski definition) is 0. The normalized spacial score (nSPS) is 17.9. The van der Waals surface area contributed by atoms with Crippen LogP contribution in [0.5, 0.6) is 5.75 Å². The van der Waals surface area contributed by atoms with Crippen molar-refractivity contribution in [3.8, 4) is 5.75 Å². The monoisotopic (exact) mass is 274 g/mol. The maximum absolute atomic E-state index is 5.76. The average Bonchev–Trinajstić information content (AvgIpc) is 3.09. The van der Waals surface area contributed by atoms with Crippen LogP contribution in [-0.4, -0.2) is 29.3 Å². The molecule has 0 N–H and O–H groups in total. The summed E-state index contributed by atoms with van der Waals surface area (Å²) in [4.78, 5) is 0. The molecule has 5 heteroatoms. The van der Waals surface area contributed by atoms with Gasteiger partial charge >= 0.3 is 0 Å². The van der Waals surface area contributed by atoms with Gasteiger partial charge in [0.05, 0.1) is 0 Å². The maximum Gasteiger partial charge on any atom is 0.197 e. The molecule has 2 rings (SSSR count). The Morgan fingerprint density at radius 2 is 2.12 bits per heavy atom. The van der Waals surface area contributed by atoms with Crippen molar-refractivity contribution in [1.82, 2.24) is 0 Å². The molecular formula is C11H11ClO2S2. The van der Waals surface area contributed by atoms with Gasteiger partial charge in [-0.15, -0.1) is 0 Å². The third kappa shape index (κ3) is 4.20. The van der Waals surface area contributed by atoms with Crippen LogP contribution in [0.1, 0.15) is 0 Å². The van der Waals surface area contributed by atoms with Gasteiger partial charge in [0.1, 0.15) is 12.4 Å². The molecule has 0 amide bonds. The number of ether oxygens (including phenoxy) is 2. The molecule has 1 aliphatic heterocycles. The van der Waals surface area contributed by atoms with Gasteiger partial charge in [0.15, 0.2) is 11.7 Å². The molecule has 1 fully saturated rings. The van der Waals surface area contributed by atoms with Crippen molar-refractivity contribution in [2.75, 3.05) is 19.0 Å². The molecular weight excluding hydrogens is 264 g/mol. The van der Waals surface area contributed by atoms with Gasteiger partial charge in [-0.1, -0.05) is 11.6 Å². The van der Waals surface area contributed by atoms with Crippen molar-refractivity contribution in [2.24, 2.45) is 0 Å². The third-order valence-corrected chi connectivity index (χ3v) is 3.43. The first-order chi connectivity index (χ1) is 7.74. The first-order valence-electron chi connectivity index (χ1n) is 4.89. The van der Waals surface area contributed by atoms with E-state index in [2.05, 4.69) is 0 Å². The predicted octanol–water partition coefficient (Wildman–Crippen LogP) is 3.18. The highest BCUT2D eigenvalue weighted by Gasteiger charge is 2.23. The number of thioether (sulfide) groups is 1. The van der Waals surface area contributed by atoms with E-state index < -0.39 is 0 Å². The summed E-state index contributed by atoms with van der Waals surface area (Å²) < 4.78 is 10.8. The fourth-order valence-electron chi connectivity index (χ4n) is 1.06. The molecule has 1 aliphatic rings. The molecule has 0 unspecified atom stereocenters. The average molecular weight is 275 g/mol. The van der Waals surface area contributed by atoms with Gasteiger partial charge in [0.2, 0.25) is 0 Å². The van der Waals surface area contributed by atoms with Crippen LogP contribution in [0.25, 0.3) is 0 Å². The topological polar surface area (TPSA) is 18.5 Å². The second-order valence-corrected chi connectivity index (χ2v) is 5.61. The van der Waals surface area contributed by atoms with Crippen molar-refractivity contribution >= 4 is 40.6 Å². The summed E-state index contributed by atoms with van der Waals surface area (Å²) in [5.74, 6) is 1.93. The second kappa shape index (κ2) is 5.75. The minimum atomic E-state index is 0.314. The predicted molar refractivity (Wildman–Crippen MR) is 71.7 cm³/mol. The van der Waals surface area contributed by atoms with Gasteiger partial charge in [-0.2, -0.15) is 11.8 Å². The molecule has 0 saturated carbocycles. The van der Waals surface area contributed by atoms with Gasteiger partial charge in [0, 0.05) is 16.0 Å². The molecule has 1 atom stereocenters. The summed E-state index contributed by atoms with van der Waals surface area (Å²) in [6.45, 7) is 1.02. The maximum atomic E-state index is 5.76. The van der Waals surface area contributed by atoms with E-state index in [-0.39, 0.29) is 0 Å². The summed E-state index contributed by atoms with van der Waals surface area (Å²) in [5.41, 5.74) is 0. The Morgan fingerprint density at radius 3 is 2.75 bits per heavy atom. The van der Waals surface area contributed by atoms with Crippen molar-refractivity contribution in [3.05, 3.63) is 29.3 Å². The lowest BCUT2D eigenvalue weighted by atomic mass is 10.3. The standard InChI is InChI=1S/C11H11ClO2S2/c12-8-1-3-9(4-2-8)13-6-11(15)14-5-10-7-16-10/h1-4,10H,5-7H2/t10-/m0/s1. The van der Waals surface area contributed by atoms with Gasteiger partial charge in [-0.05, 0) is 36.5 Å². The molecule has 2 nitrogen and oxygen atoms in total. The zero-order valence-electron chi connectivity index (χ0n) is 8.52. The Balaban J connectivity index is 1.69. The molecule has 16 heavy (non-hydrogen) atoms. The van der Waals surface area contributed by atoms with Crippen molar-refractivity contribution in [2.45, 2.75) is 5.25 Å². The van der Waals surface area contributed by atoms with E-state index in [1.807, 2.05) is 23.9 Å². The van der Waals surface area contributed by atoms with E-state index in [1.54, 1.807) is 12.1 Å². The molecule has 1 aromatic rings. The van der Waals surface area contributed by atoms with Crippen LogP contribution < -0.4 is 4.74 Å². The number of hydrogen-bond acceptors (Lipinski definition) is 4. The van der Waals surface area contributed by atoms with Crippen molar-refractivity contribution in [1.29, 1.82) is 0 Å². The van der Waals surface area contributed by atoms with Crippen LogP contribution in [-0.2, 0) is 4.74 Å². The van der Waals surface area contributed by atoms with Crippen LogP contribution in [0.3, 0.4) is 0 Å². The molecule has 1 heterocycles. The minimum absolute atomic E-state index is 0.314. The van der Waals surface area contributed by atoms with Crippen LogP contribution in [0, 0.1) is 0 Å². The summed E-state index contributed by atoms with van der Waals surface area (Å²) in [5, 5.41) is 1.83. The number of thiocarbonyl (C=S) groups is 1. The Labute approximate surface area is 109 Å². The van der Waals surface area contributed by atoms with Crippen LogP contribution >= 0.6 is 35.6 Å². The fraction of sp³-hybridized carbons (Fsp3) is 0.364. The summed E-state index contributed by atoms with van der Waals surface area (Å²) in [7, 11) is 0. The lowest BCUT2D eigenvalue weighted by molar-refractivity contribution is 0.279. The number of benzene rings is 1. The molecule has 0 aliphatic carbocycles. The lowest BCUT2D eigenvalue weighted by Gasteiger charge is -2.08. The van der Waals surface area contributed by atoms with E-state index in [0.717, 1.165) is 5.75 Å². The van der Waals surface area contributed by atoms with Gasteiger partial charge in [0.25, 0.3) is 0 Å². The SMILES string of the molecule is S=C(COc1ccc(Cl)cc1)OC[C@H]1CS1. The minimum Gasteiger partial charge on any atom is -0.485 e. The zero-order valence-corrected chi connectivity index (χ0v) is 10.9. The first kappa shape index (κ1) is 12.0. The second-order valence-electron chi connectivity index (χ2n) is 3.38. The zero-order chi connectivity index (χ0) is 11.4. The highest BCUT2D eigenvalue weighted by molar-refractivity contribution is 8.06. The first-order valence-corrected chi connectivity index (χ1v) is 6.73. The highest BCUT2D eigenvalue weighted by Crippen LogP contribution is 2.29. The quantitative estimate of drug-likeness (QED) is 0.606. The fourth-order valence-corrected chi connectivity index (χ4v) is 1.71. The molecule has 0 bridgehead atoms. The van der Waals surface area contributed by atoms with Gasteiger partial charge < -0.3 is 9.47 Å². The Kier molecular flexibility index (Phi) is 4.32. The van der Waals surface area contributed by atoms with E-state index in [4.69, 9.17) is 33.3 Å². The van der Waals surface area contributed by atoms with Crippen LogP contribution in [0.15, 0.2) is 24.3 Å². The number of halogens is 1. The van der Waals surface area contributed by atoms with Crippen molar-refractivity contribution in [3.63, 3.8) is 0 Å². The lowest BCUT2D eigenvalue weighted by Crippen LogP contribution is -2.15. The highest BCUT2D eigenvalue weighted by atomic mass is 35.5. The van der Waals surface area contributed by atoms with Crippen LogP contribution in [0.4, 0.5) is 0 Å². The van der Waals surface area contributed by atoms with Gasteiger partial charge in [-0.3, -0.25) is 0 Å². The summed E-state index contributed by atoms with van der Waals surface area (Å²) in [6.07, 6.45) is 0. The molecule has 0 aromatic heterocycles. The Hall–Kier alpha value is -0.450. The Morgan fingerprint density at radius 1 is 1.44 bits per heavy atom. The molecule has 1 saturated heterocycles.